The fraction of sp³-hybridized carbons (Fsp3) is 0.700. The summed E-state index contributed by atoms with van der Waals surface area (Å²) in [6.45, 7) is 18.0. The van der Waals surface area contributed by atoms with E-state index in [2.05, 4.69) is 46.9 Å². The number of fused-ring (bicyclic) bond motifs is 1. The molecule has 2 fully saturated rings. The van der Waals surface area contributed by atoms with Crippen LogP contribution in [0.25, 0.3) is 0 Å². The molecule has 0 bridgehead atoms. The second-order valence-corrected chi connectivity index (χ2v) is 8.04. The van der Waals surface area contributed by atoms with Crippen molar-refractivity contribution in [2.45, 2.75) is 66.2 Å². The minimum absolute atomic E-state index is 0.453. The first kappa shape index (κ1) is 15.6. The van der Waals surface area contributed by atoms with Crippen LogP contribution in [0.5, 0.6) is 0 Å². The first-order chi connectivity index (χ1) is 9.31. The van der Waals surface area contributed by atoms with Crippen LogP contribution in [0.15, 0.2) is 36.5 Å². The monoisotopic (exact) mass is 272 g/mol. The molecule has 2 saturated carbocycles. The largest absolute Gasteiger partial charge is 0.0995 e. The van der Waals surface area contributed by atoms with E-state index in [9.17, 15) is 0 Å². The lowest BCUT2D eigenvalue weighted by molar-refractivity contribution is -0.0510. The maximum absolute atomic E-state index is 4.43. The quantitative estimate of drug-likeness (QED) is 0.417. The van der Waals surface area contributed by atoms with Crippen LogP contribution in [0.2, 0.25) is 0 Å². The van der Waals surface area contributed by atoms with Gasteiger partial charge in [0.05, 0.1) is 0 Å². The van der Waals surface area contributed by atoms with Crippen molar-refractivity contribution in [1.29, 1.82) is 0 Å². The summed E-state index contributed by atoms with van der Waals surface area (Å²) in [5.41, 5.74) is 3.76. The van der Waals surface area contributed by atoms with Gasteiger partial charge in [-0.15, -0.1) is 0 Å². The van der Waals surface area contributed by atoms with Crippen LogP contribution < -0.4 is 0 Å². The summed E-state index contributed by atoms with van der Waals surface area (Å²) < 4.78 is 0. The second kappa shape index (κ2) is 5.54. The highest BCUT2D eigenvalue weighted by Crippen LogP contribution is 2.61. The summed E-state index contributed by atoms with van der Waals surface area (Å²) in [5.74, 6) is 1.52. The molecule has 0 spiro atoms. The van der Waals surface area contributed by atoms with Crippen molar-refractivity contribution in [3.63, 3.8) is 0 Å². The highest BCUT2D eigenvalue weighted by molar-refractivity contribution is 5.20. The first-order valence-electron chi connectivity index (χ1n) is 8.28. The van der Waals surface area contributed by atoms with E-state index in [1.54, 1.807) is 0 Å². The molecule has 0 saturated heterocycles. The predicted octanol–water partition coefficient (Wildman–Crippen LogP) is 6.31. The van der Waals surface area contributed by atoms with Crippen LogP contribution in [0.4, 0.5) is 0 Å². The third-order valence-electron chi connectivity index (χ3n) is 6.32. The van der Waals surface area contributed by atoms with Gasteiger partial charge in [0, 0.05) is 0 Å². The zero-order valence-corrected chi connectivity index (χ0v) is 14.0. The Morgan fingerprint density at radius 1 is 1.30 bits per heavy atom. The average Bonchev–Trinajstić information content (AvgIpc) is 2.36. The molecule has 0 aromatic rings. The number of hydrogen-bond donors (Lipinski definition) is 0. The highest BCUT2D eigenvalue weighted by Gasteiger charge is 2.52. The van der Waals surface area contributed by atoms with Gasteiger partial charge in [-0.2, -0.15) is 0 Å². The van der Waals surface area contributed by atoms with E-state index in [-0.39, 0.29) is 0 Å². The van der Waals surface area contributed by atoms with Gasteiger partial charge >= 0.3 is 0 Å². The van der Waals surface area contributed by atoms with Crippen LogP contribution in [0, 0.1) is 22.7 Å². The standard InChI is InChI=1S/C20H32/c1-7-15(2)9-11-17-16(3)10-12-18-19(4,5)13-8-14-20(17,18)6/h7,9,17-18H,1,3,8,10-14H2,2,4-6H3/b15-9+. The second-order valence-electron chi connectivity index (χ2n) is 8.04. The lowest BCUT2D eigenvalue weighted by Crippen LogP contribution is -2.49. The van der Waals surface area contributed by atoms with Gasteiger partial charge in [-0.25, -0.2) is 0 Å². The lowest BCUT2D eigenvalue weighted by Gasteiger charge is -2.58. The fourth-order valence-electron chi connectivity index (χ4n) is 5.10. The molecule has 0 aliphatic heterocycles. The molecule has 3 unspecified atom stereocenters. The first-order valence-corrected chi connectivity index (χ1v) is 8.28. The maximum Gasteiger partial charge on any atom is -0.0114 e. The van der Waals surface area contributed by atoms with Gasteiger partial charge in [-0.05, 0) is 61.7 Å². The zero-order chi connectivity index (χ0) is 15.0. The molecule has 2 aliphatic carbocycles. The van der Waals surface area contributed by atoms with E-state index >= 15 is 0 Å². The summed E-state index contributed by atoms with van der Waals surface area (Å²) in [7, 11) is 0. The SMILES string of the molecule is C=C/C(C)=C/CC1C(=C)CCC2C(C)(C)CCCC12C. The van der Waals surface area contributed by atoms with Gasteiger partial charge in [0.15, 0.2) is 0 Å². The Labute approximate surface area is 126 Å². The van der Waals surface area contributed by atoms with Crippen LogP contribution in [-0.4, -0.2) is 0 Å². The van der Waals surface area contributed by atoms with E-state index in [0.29, 0.717) is 16.7 Å². The van der Waals surface area contributed by atoms with Gasteiger partial charge in [0.25, 0.3) is 0 Å². The summed E-state index contributed by atoms with van der Waals surface area (Å²) in [6, 6.07) is 0. The van der Waals surface area contributed by atoms with Crippen LogP contribution in [0.3, 0.4) is 0 Å². The summed E-state index contributed by atoms with van der Waals surface area (Å²) in [6.07, 6.45) is 12.2. The number of hydrogen-bond acceptors (Lipinski definition) is 0. The molecule has 0 heteroatoms. The van der Waals surface area contributed by atoms with Crippen molar-refractivity contribution in [2.75, 3.05) is 0 Å². The minimum atomic E-state index is 0.453. The summed E-state index contributed by atoms with van der Waals surface area (Å²) in [5, 5.41) is 0. The maximum atomic E-state index is 4.43. The van der Waals surface area contributed by atoms with Gasteiger partial charge in [-0.3, -0.25) is 0 Å². The Balaban J connectivity index is 2.28. The van der Waals surface area contributed by atoms with Crippen molar-refractivity contribution in [3.05, 3.63) is 36.5 Å². The number of allylic oxidation sites excluding steroid dienone is 4. The van der Waals surface area contributed by atoms with Crippen LogP contribution in [0.1, 0.15) is 66.2 Å². The van der Waals surface area contributed by atoms with Gasteiger partial charge in [0.1, 0.15) is 0 Å². The van der Waals surface area contributed by atoms with E-state index < -0.39 is 0 Å². The molecule has 0 heterocycles. The zero-order valence-electron chi connectivity index (χ0n) is 14.0. The topological polar surface area (TPSA) is 0 Å². The minimum Gasteiger partial charge on any atom is -0.0995 e. The molecule has 0 aromatic carbocycles. The van der Waals surface area contributed by atoms with Crippen molar-refractivity contribution in [3.8, 4) is 0 Å². The lowest BCUT2D eigenvalue weighted by atomic mass is 9.47. The van der Waals surface area contributed by atoms with Crippen LogP contribution >= 0.6 is 0 Å². The Bertz CT molecular complexity index is 423. The highest BCUT2D eigenvalue weighted by atomic mass is 14.6. The molecule has 0 radical (unpaired) electrons. The Kier molecular flexibility index (Phi) is 4.33. The molecular formula is C20H32. The molecule has 0 N–H and O–H groups in total. The van der Waals surface area contributed by atoms with Crippen molar-refractivity contribution in [1.82, 2.24) is 0 Å². The molecule has 3 atom stereocenters. The predicted molar refractivity (Wildman–Crippen MR) is 89.7 cm³/mol. The third kappa shape index (κ3) is 2.67. The molecule has 112 valence electrons. The molecule has 0 aromatic heterocycles. The Morgan fingerprint density at radius 2 is 2.00 bits per heavy atom. The van der Waals surface area contributed by atoms with Crippen molar-refractivity contribution >= 4 is 0 Å². The average molecular weight is 272 g/mol. The van der Waals surface area contributed by atoms with Gasteiger partial charge in [0.2, 0.25) is 0 Å². The van der Waals surface area contributed by atoms with E-state index in [4.69, 9.17) is 0 Å². The van der Waals surface area contributed by atoms with Crippen molar-refractivity contribution in [2.24, 2.45) is 22.7 Å². The number of rotatable bonds is 3. The molecule has 0 nitrogen and oxygen atoms in total. The fourth-order valence-corrected chi connectivity index (χ4v) is 5.10. The molecule has 20 heavy (non-hydrogen) atoms. The summed E-state index contributed by atoms with van der Waals surface area (Å²) >= 11 is 0. The smallest absolute Gasteiger partial charge is 0.0114 e. The van der Waals surface area contributed by atoms with Crippen LogP contribution in [-0.2, 0) is 0 Å². The molecule has 2 rings (SSSR count). The van der Waals surface area contributed by atoms with Gasteiger partial charge < -0.3 is 0 Å². The van der Waals surface area contributed by atoms with E-state index in [1.165, 1.54) is 43.3 Å². The third-order valence-corrected chi connectivity index (χ3v) is 6.32. The molecule has 2 aliphatic rings. The van der Waals surface area contributed by atoms with E-state index in [0.717, 1.165) is 12.3 Å². The Morgan fingerprint density at radius 3 is 2.65 bits per heavy atom. The van der Waals surface area contributed by atoms with E-state index in [1.807, 2.05) is 6.08 Å². The Hall–Kier alpha value is -0.780. The summed E-state index contributed by atoms with van der Waals surface area (Å²) in [4.78, 5) is 0. The van der Waals surface area contributed by atoms with Gasteiger partial charge in [-0.1, -0.05) is 63.6 Å². The molecule has 0 amide bonds. The normalized spacial score (nSPS) is 37.4. The molecular weight excluding hydrogens is 240 g/mol. The van der Waals surface area contributed by atoms with Crippen molar-refractivity contribution < 1.29 is 0 Å².